The Morgan fingerprint density at radius 2 is 1.88 bits per heavy atom. The molecule has 0 atom stereocenters. The van der Waals surface area contributed by atoms with Gasteiger partial charge >= 0.3 is 6.18 Å². The number of benzene rings is 1. The molecule has 1 amide bonds. The van der Waals surface area contributed by atoms with Gasteiger partial charge in [-0.3, -0.25) is 4.79 Å². The van der Waals surface area contributed by atoms with E-state index in [9.17, 15) is 18.0 Å². The van der Waals surface area contributed by atoms with Crippen LogP contribution >= 0.6 is 11.6 Å². The molecule has 1 saturated carbocycles. The van der Waals surface area contributed by atoms with Gasteiger partial charge < -0.3 is 10.6 Å². The van der Waals surface area contributed by atoms with Gasteiger partial charge in [0.2, 0.25) is 0 Å². The molecule has 1 heterocycles. The van der Waals surface area contributed by atoms with Crippen LogP contribution in [-0.4, -0.2) is 16.9 Å². The van der Waals surface area contributed by atoms with Crippen LogP contribution in [0.4, 0.5) is 24.7 Å². The van der Waals surface area contributed by atoms with Gasteiger partial charge in [-0.15, -0.1) is 0 Å². The maximum atomic E-state index is 13.1. The van der Waals surface area contributed by atoms with Crippen molar-refractivity contribution in [2.45, 2.75) is 37.9 Å². The minimum absolute atomic E-state index is 0.0534. The molecule has 1 aromatic carbocycles. The highest BCUT2D eigenvalue weighted by Gasteiger charge is 2.34. The summed E-state index contributed by atoms with van der Waals surface area (Å²) in [5.41, 5.74) is -1.10. The van der Waals surface area contributed by atoms with Crippen LogP contribution in [0.15, 0.2) is 36.5 Å². The number of anilines is 2. The van der Waals surface area contributed by atoms with Crippen molar-refractivity contribution in [1.82, 2.24) is 4.98 Å². The molecule has 4 nitrogen and oxygen atoms in total. The van der Waals surface area contributed by atoms with Gasteiger partial charge in [-0.05, 0) is 43.2 Å². The molecule has 0 radical (unpaired) electrons. The van der Waals surface area contributed by atoms with Gasteiger partial charge in [0.05, 0.1) is 11.3 Å². The molecule has 0 aliphatic heterocycles. The monoisotopic (exact) mass is 383 g/mol. The zero-order valence-corrected chi connectivity index (χ0v) is 14.5. The van der Waals surface area contributed by atoms with E-state index in [1.807, 2.05) is 0 Å². The van der Waals surface area contributed by atoms with Gasteiger partial charge in [-0.1, -0.05) is 24.4 Å². The first kappa shape index (κ1) is 18.5. The van der Waals surface area contributed by atoms with Crippen molar-refractivity contribution in [1.29, 1.82) is 0 Å². The lowest BCUT2D eigenvalue weighted by Crippen LogP contribution is -2.18. The van der Waals surface area contributed by atoms with E-state index in [2.05, 4.69) is 15.6 Å². The predicted molar refractivity (Wildman–Crippen MR) is 94.5 cm³/mol. The summed E-state index contributed by atoms with van der Waals surface area (Å²) in [6.07, 6.45) is 1.21. The van der Waals surface area contributed by atoms with Crippen LogP contribution in [0, 0.1) is 0 Å². The standard InChI is InChI=1S/C18H17ClF3N3O/c19-12-5-6-15(14(10-12)18(20,21)22)25-17(26)11-7-8-23-16(9-11)24-13-3-1-2-4-13/h5-10,13H,1-4H2,(H,23,24)(H,25,26). The summed E-state index contributed by atoms with van der Waals surface area (Å²) >= 11 is 5.65. The number of rotatable bonds is 4. The van der Waals surface area contributed by atoms with Crippen molar-refractivity contribution in [3.8, 4) is 0 Å². The number of pyridine rings is 1. The Morgan fingerprint density at radius 1 is 1.15 bits per heavy atom. The van der Waals surface area contributed by atoms with Crippen LogP contribution in [0.2, 0.25) is 5.02 Å². The second-order valence-corrected chi connectivity index (χ2v) is 6.63. The third-order valence-electron chi connectivity index (χ3n) is 4.26. The number of hydrogen-bond donors (Lipinski definition) is 2. The molecule has 0 bridgehead atoms. The van der Waals surface area contributed by atoms with E-state index in [0.29, 0.717) is 11.9 Å². The second-order valence-electron chi connectivity index (χ2n) is 6.20. The van der Waals surface area contributed by atoms with Crippen LogP contribution in [0.25, 0.3) is 0 Å². The number of carbonyl (C=O) groups excluding carboxylic acids is 1. The van der Waals surface area contributed by atoms with E-state index in [1.165, 1.54) is 24.4 Å². The molecule has 8 heteroatoms. The lowest BCUT2D eigenvalue weighted by Gasteiger charge is -2.15. The van der Waals surface area contributed by atoms with Crippen LogP contribution < -0.4 is 10.6 Å². The molecular weight excluding hydrogens is 367 g/mol. The lowest BCUT2D eigenvalue weighted by molar-refractivity contribution is -0.136. The van der Waals surface area contributed by atoms with Gasteiger partial charge in [-0.25, -0.2) is 4.98 Å². The summed E-state index contributed by atoms with van der Waals surface area (Å²) < 4.78 is 39.4. The first-order valence-corrected chi connectivity index (χ1v) is 8.61. The Bertz CT molecular complexity index is 805. The average Bonchev–Trinajstić information content (AvgIpc) is 3.08. The fraction of sp³-hybridized carbons (Fsp3) is 0.333. The highest BCUT2D eigenvalue weighted by Crippen LogP contribution is 2.36. The van der Waals surface area contributed by atoms with Crippen molar-refractivity contribution in [2.75, 3.05) is 10.6 Å². The van der Waals surface area contributed by atoms with Crippen molar-refractivity contribution >= 4 is 29.0 Å². The van der Waals surface area contributed by atoms with Gasteiger partial charge in [-0.2, -0.15) is 13.2 Å². The minimum atomic E-state index is -4.62. The Hall–Kier alpha value is -2.28. The van der Waals surface area contributed by atoms with E-state index in [-0.39, 0.29) is 16.3 Å². The first-order valence-electron chi connectivity index (χ1n) is 8.23. The van der Waals surface area contributed by atoms with Crippen LogP contribution in [-0.2, 0) is 6.18 Å². The smallest absolute Gasteiger partial charge is 0.367 e. The van der Waals surface area contributed by atoms with Crippen LogP contribution in [0.1, 0.15) is 41.6 Å². The van der Waals surface area contributed by atoms with Crippen LogP contribution in [0.3, 0.4) is 0 Å². The molecular formula is C18H17ClF3N3O. The summed E-state index contributed by atoms with van der Waals surface area (Å²) in [6.45, 7) is 0. The summed E-state index contributed by atoms with van der Waals surface area (Å²) in [5.74, 6) is -0.105. The molecule has 0 spiro atoms. The summed E-state index contributed by atoms with van der Waals surface area (Å²) in [7, 11) is 0. The third kappa shape index (κ3) is 4.46. The maximum Gasteiger partial charge on any atom is 0.418 e. The average molecular weight is 384 g/mol. The topological polar surface area (TPSA) is 54.0 Å². The zero-order chi connectivity index (χ0) is 18.7. The molecule has 26 heavy (non-hydrogen) atoms. The molecule has 1 aliphatic carbocycles. The van der Waals surface area contributed by atoms with Crippen molar-refractivity contribution in [3.05, 3.63) is 52.7 Å². The number of amides is 1. The molecule has 1 fully saturated rings. The van der Waals surface area contributed by atoms with Crippen molar-refractivity contribution < 1.29 is 18.0 Å². The number of halogens is 4. The van der Waals surface area contributed by atoms with E-state index in [0.717, 1.165) is 37.8 Å². The van der Waals surface area contributed by atoms with E-state index in [1.54, 1.807) is 0 Å². The fourth-order valence-electron chi connectivity index (χ4n) is 2.98. The Labute approximate surface area is 153 Å². The van der Waals surface area contributed by atoms with E-state index >= 15 is 0 Å². The summed E-state index contributed by atoms with van der Waals surface area (Å²) in [4.78, 5) is 16.6. The molecule has 3 rings (SSSR count). The van der Waals surface area contributed by atoms with Gasteiger partial charge in [0, 0.05) is 22.8 Å². The maximum absolute atomic E-state index is 13.1. The number of carbonyl (C=O) groups is 1. The van der Waals surface area contributed by atoms with Crippen LogP contribution in [0.5, 0.6) is 0 Å². The number of nitrogens with one attached hydrogen (secondary N) is 2. The van der Waals surface area contributed by atoms with E-state index in [4.69, 9.17) is 11.6 Å². The lowest BCUT2D eigenvalue weighted by atomic mass is 10.1. The molecule has 2 N–H and O–H groups in total. The second kappa shape index (κ2) is 7.53. The Morgan fingerprint density at radius 3 is 2.58 bits per heavy atom. The molecule has 1 aromatic heterocycles. The third-order valence-corrected chi connectivity index (χ3v) is 4.50. The molecule has 0 saturated heterocycles. The first-order chi connectivity index (χ1) is 12.3. The van der Waals surface area contributed by atoms with E-state index < -0.39 is 17.6 Å². The Kier molecular flexibility index (Phi) is 5.36. The van der Waals surface area contributed by atoms with Gasteiger partial charge in [0.15, 0.2) is 0 Å². The van der Waals surface area contributed by atoms with Gasteiger partial charge in [0.25, 0.3) is 5.91 Å². The number of hydrogen-bond acceptors (Lipinski definition) is 3. The normalized spacial score (nSPS) is 15.1. The fourth-order valence-corrected chi connectivity index (χ4v) is 3.16. The highest BCUT2D eigenvalue weighted by molar-refractivity contribution is 6.30. The van der Waals surface area contributed by atoms with Crippen molar-refractivity contribution in [3.63, 3.8) is 0 Å². The largest absolute Gasteiger partial charge is 0.418 e. The summed E-state index contributed by atoms with van der Waals surface area (Å²) in [6, 6.07) is 6.54. The number of alkyl halides is 3. The highest BCUT2D eigenvalue weighted by atomic mass is 35.5. The molecule has 138 valence electrons. The SMILES string of the molecule is O=C(Nc1ccc(Cl)cc1C(F)(F)F)c1ccnc(NC2CCCC2)c1. The predicted octanol–water partition coefficient (Wildman–Crippen LogP) is 5.36. The molecule has 1 aliphatic rings. The number of nitrogens with zero attached hydrogens (tertiary/aromatic N) is 1. The zero-order valence-electron chi connectivity index (χ0n) is 13.7. The Balaban J connectivity index is 1.78. The minimum Gasteiger partial charge on any atom is -0.367 e. The van der Waals surface area contributed by atoms with Crippen molar-refractivity contribution in [2.24, 2.45) is 0 Å². The number of aromatic nitrogens is 1. The van der Waals surface area contributed by atoms with Gasteiger partial charge in [0.1, 0.15) is 5.82 Å². The summed E-state index contributed by atoms with van der Waals surface area (Å²) in [5, 5.41) is 5.51. The molecule has 0 unspecified atom stereocenters. The quantitative estimate of drug-likeness (QED) is 0.747. The molecule has 2 aromatic rings.